The molecule has 1 rings (SSSR count). The van der Waals surface area contributed by atoms with Crippen molar-refractivity contribution in [3.8, 4) is 0 Å². The van der Waals surface area contributed by atoms with Gasteiger partial charge in [0.15, 0.2) is 6.73 Å². The number of rotatable bonds is 1. The number of hydrogen-bond acceptors (Lipinski definition) is 4. The highest BCUT2D eigenvalue weighted by molar-refractivity contribution is 5.73. The Labute approximate surface area is 63.7 Å². The Morgan fingerprint density at radius 3 is 3.27 bits per heavy atom. The van der Waals surface area contributed by atoms with Crippen LogP contribution in [0.4, 0.5) is 4.79 Å². The second-order valence-corrected chi connectivity index (χ2v) is 1.73. The van der Waals surface area contributed by atoms with Crippen molar-refractivity contribution in [2.24, 2.45) is 4.99 Å². The van der Waals surface area contributed by atoms with E-state index in [2.05, 4.69) is 15.0 Å². The zero-order chi connectivity index (χ0) is 8.10. The summed E-state index contributed by atoms with van der Waals surface area (Å²) < 4.78 is 9.47. The Kier molecular flexibility index (Phi) is 2.48. The van der Waals surface area contributed by atoms with Crippen LogP contribution in [0.15, 0.2) is 17.0 Å². The Morgan fingerprint density at radius 2 is 2.73 bits per heavy atom. The molecular formula is C6H8N2O3. The van der Waals surface area contributed by atoms with E-state index in [-0.39, 0.29) is 12.7 Å². The third-order valence-corrected chi connectivity index (χ3v) is 0.995. The van der Waals surface area contributed by atoms with Gasteiger partial charge in [-0.3, -0.25) is 4.99 Å². The van der Waals surface area contributed by atoms with Gasteiger partial charge in [0.1, 0.15) is 0 Å². The van der Waals surface area contributed by atoms with E-state index in [1.165, 1.54) is 19.3 Å². The molecule has 0 fully saturated rings. The van der Waals surface area contributed by atoms with E-state index in [1.807, 2.05) is 0 Å². The van der Waals surface area contributed by atoms with E-state index in [0.29, 0.717) is 0 Å². The summed E-state index contributed by atoms with van der Waals surface area (Å²) in [4.78, 5) is 14.3. The van der Waals surface area contributed by atoms with E-state index >= 15 is 0 Å². The summed E-state index contributed by atoms with van der Waals surface area (Å²) in [6.07, 6.45) is 2.44. The van der Waals surface area contributed by atoms with E-state index in [9.17, 15) is 4.79 Å². The van der Waals surface area contributed by atoms with Gasteiger partial charge in [-0.25, -0.2) is 4.79 Å². The highest BCUT2D eigenvalue weighted by Crippen LogP contribution is 2.02. The first-order valence-corrected chi connectivity index (χ1v) is 3.05. The maximum atomic E-state index is 10.6. The molecule has 0 bridgehead atoms. The van der Waals surface area contributed by atoms with Crippen molar-refractivity contribution < 1.29 is 14.3 Å². The normalized spacial score (nSPS) is 14.8. The zero-order valence-electron chi connectivity index (χ0n) is 6.03. The van der Waals surface area contributed by atoms with Crippen LogP contribution in [0.3, 0.4) is 0 Å². The van der Waals surface area contributed by atoms with Crippen LogP contribution in [-0.4, -0.2) is 26.1 Å². The lowest BCUT2D eigenvalue weighted by atomic mass is 10.6. The largest absolute Gasteiger partial charge is 0.442 e. The Balaban J connectivity index is 2.42. The number of carbonyl (C=O) groups excluding carboxylic acids is 1. The summed E-state index contributed by atoms with van der Waals surface area (Å²) >= 11 is 0. The number of alkyl carbamates (subject to hydrolysis) is 1. The monoisotopic (exact) mass is 156 g/mol. The van der Waals surface area contributed by atoms with Crippen molar-refractivity contribution in [2.75, 3.05) is 13.8 Å². The first kappa shape index (κ1) is 7.59. The molecule has 0 unspecified atom stereocenters. The van der Waals surface area contributed by atoms with Crippen LogP contribution >= 0.6 is 0 Å². The SMILES string of the molecule is CNC(=O)OC1=CC=NCO1. The number of allylic oxidation sites excluding steroid dienone is 1. The number of amides is 1. The molecule has 0 aromatic carbocycles. The molecule has 1 amide bonds. The fourth-order valence-corrected chi connectivity index (χ4v) is 0.511. The lowest BCUT2D eigenvalue weighted by Crippen LogP contribution is -2.20. The van der Waals surface area contributed by atoms with Crippen LogP contribution in [0.25, 0.3) is 0 Å². The minimum Gasteiger partial charge on any atom is -0.442 e. The molecule has 0 atom stereocenters. The molecule has 0 aromatic rings. The summed E-state index contributed by atoms with van der Waals surface area (Å²) in [6, 6.07) is 0. The van der Waals surface area contributed by atoms with Crippen LogP contribution in [0, 0.1) is 0 Å². The average molecular weight is 156 g/mol. The topological polar surface area (TPSA) is 59.9 Å². The van der Waals surface area contributed by atoms with Crippen LogP contribution in [0.5, 0.6) is 0 Å². The molecule has 60 valence electrons. The molecule has 0 radical (unpaired) electrons. The average Bonchev–Trinajstić information content (AvgIpc) is 2.06. The number of carbonyl (C=O) groups is 1. The number of nitrogens with one attached hydrogen (secondary N) is 1. The molecule has 0 spiro atoms. The van der Waals surface area contributed by atoms with Crippen molar-refractivity contribution in [3.63, 3.8) is 0 Å². The number of aliphatic imine (C=N–C) groups is 1. The number of nitrogens with zero attached hydrogens (tertiary/aromatic N) is 1. The van der Waals surface area contributed by atoms with Crippen LogP contribution < -0.4 is 5.32 Å². The lowest BCUT2D eigenvalue weighted by molar-refractivity contribution is 0.0697. The van der Waals surface area contributed by atoms with Gasteiger partial charge < -0.3 is 14.8 Å². The molecule has 0 aliphatic carbocycles. The fourth-order valence-electron chi connectivity index (χ4n) is 0.511. The molecule has 11 heavy (non-hydrogen) atoms. The molecule has 1 aliphatic heterocycles. The Morgan fingerprint density at radius 1 is 1.91 bits per heavy atom. The Bertz CT molecular complexity index is 210. The summed E-state index contributed by atoms with van der Waals surface area (Å²) in [5.74, 6) is 0.166. The third-order valence-electron chi connectivity index (χ3n) is 0.995. The highest BCUT2D eigenvalue weighted by Gasteiger charge is 2.06. The molecule has 0 saturated carbocycles. The number of ether oxygens (including phenoxy) is 2. The second-order valence-electron chi connectivity index (χ2n) is 1.73. The molecule has 0 aromatic heterocycles. The van der Waals surface area contributed by atoms with Crippen molar-refractivity contribution in [2.45, 2.75) is 0 Å². The van der Waals surface area contributed by atoms with Gasteiger partial charge in [-0.15, -0.1) is 0 Å². The van der Waals surface area contributed by atoms with E-state index in [4.69, 9.17) is 4.74 Å². The van der Waals surface area contributed by atoms with Gasteiger partial charge in [0, 0.05) is 19.3 Å². The van der Waals surface area contributed by atoms with Gasteiger partial charge in [-0.1, -0.05) is 0 Å². The predicted molar refractivity (Wildman–Crippen MR) is 38.1 cm³/mol. The van der Waals surface area contributed by atoms with Gasteiger partial charge in [-0.2, -0.15) is 0 Å². The molecule has 0 saturated heterocycles. The molecule has 1 heterocycles. The van der Waals surface area contributed by atoms with Gasteiger partial charge in [0.2, 0.25) is 0 Å². The van der Waals surface area contributed by atoms with Crippen LogP contribution in [0.2, 0.25) is 0 Å². The zero-order valence-corrected chi connectivity index (χ0v) is 6.03. The third kappa shape index (κ3) is 2.29. The summed E-state index contributed by atoms with van der Waals surface area (Å²) in [5.41, 5.74) is 0. The standard InChI is InChI=1S/C6H8N2O3/c1-7-6(9)11-5-2-3-8-4-10-5/h2-3H,4H2,1H3,(H,7,9). The predicted octanol–water partition coefficient (Wildman–Crippen LogP) is 0.242. The molecule has 5 nitrogen and oxygen atoms in total. The molecule has 1 aliphatic rings. The maximum Gasteiger partial charge on any atom is 0.414 e. The van der Waals surface area contributed by atoms with E-state index < -0.39 is 6.09 Å². The first-order chi connectivity index (χ1) is 5.33. The van der Waals surface area contributed by atoms with Crippen molar-refractivity contribution in [1.29, 1.82) is 0 Å². The van der Waals surface area contributed by atoms with Crippen LogP contribution in [-0.2, 0) is 9.47 Å². The van der Waals surface area contributed by atoms with Crippen molar-refractivity contribution >= 4 is 12.3 Å². The van der Waals surface area contributed by atoms with Gasteiger partial charge in [0.05, 0.1) is 0 Å². The van der Waals surface area contributed by atoms with E-state index in [0.717, 1.165) is 0 Å². The van der Waals surface area contributed by atoms with Gasteiger partial charge in [-0.05, 0) is 0 Å². The molecular weight excluding hydrogens is 148 g/mol. The molecule has 5 heteroatoms. The summed E-state index contributed by atoms with van der Waals surface area (Å²) in [5, 5.41) is 2.29. The van der Waals surface area contributed by atoms with Crippen molar-refractivity contribution in [3.05, 3.63) is 12.0 Å². The van der Waals surface area contributed by atoms with Gasteiger partial charge >= 0.3 is 6.09 Å². The van der Waals surface area contributed by atoms with Crippen LogP contribution in [0.1, 0.15) is 0 Å². The first-order valence-electron chi connectivity index (χ1n) is 3.05. The quantitative estimate of drug-likeness (QED) is 0.591. The maximum absolute atomic E-state index is 10.6. The minimum absolute atomic E-state index is 0.166. The summed E-state index contributed by atoms with van der Waals surface area (Å²) in [7, 11) is 1.47. The Hall–Kier alpha value is -1.52. The highest BCUT2D eigenvalue weighted by atomic mass is 16.7. The smallest absolute Gasteiger partial charge is 0.414 e. The van der Waals surface area contributed by atoms with E-state index in [1.54, 1.807) is 0 Å². The lowest BCUT2D eigenvalue weighted by Gasteiger charge is -2.09. The van der Waals surface area contributed by atoms with Gasteiger partial charge in [0.25, 0.3) is 5.95 Å². The second kappa shape index (κ2) is 3.60. The summed E-state index contributed by atoms with van der Waals surface area (Å²) in [6.45, 7) is 0.197. The molecule has 1 N–H and O–H groups in total. The van der Waals surface area contributed by atoms with Crippen molar-refractivity contribution in [1.82, 2.24) is 5.32 Å². The minimum atomic E-state index is -0.549. The fraction of sp³-hybridized carbons (Fsp3) is 0.333. The number of hydrogen-bond donors (Lipinski definition) is 1.